The summed E-state index contributed by atoms with van der Waals surface area (Å²) < 4.78 is 5.29. The molecule has 0 spiro atoms. The van der Waals surface area contributed by atoms with Crippen LogP contribution in [0, 0.1) is 40.4 Å². The summed E-state index contributed by atoms with van der Waals surface area (Å²) in [5.74, 6) is 4.62. The summed E-state index contributed by atoms with van der Waals surface area (Å²) >= 11 is 1.97. The van der Waals surface area contributed by atoms with Crippen molar-refractivity contribution in [3.63, 3.8) is 0 Å². The fraction of sp³-hybridized carbons (Fsp3) is 0.885. The van der Waals surface area contributed by atoms with Crippen molar-refractivity contribution < 1.29 is 14.6 Å². The molecule has 5 heteroatoms. The smallest absolute Gasteiger partial charge is 0.331 e. The Balaban J connectivity index is 1.28. The Bertz CT molecular complexity index is 740. The van der Waals surface area contributed by atoms with Gasteiger partial charge in [0.2, 0.25) is 0 Å². The number of hydrogen-bond acceptors (Lipinski definition) is 5. The Hall–Kier alpha value is -0.520. The number of nitrogens with two attached hydrogens (primary N) is 1. The molecule has 31 heavy (non-hydrogen) atoms. The lowest BCUT2D eigenvalue weighted by Gasteiger charge is -2.61. The van der Waals surface area contributed by atoms with Crippen LogP contribution in [-0.2, 0) is 9.53 Å². The topological polar surface area (TPSA) is 72.5 Å². The Morgan fingerprint density at radius 2 is 1.90 bits per heavy atom. The summed E-state index contributed by atoms with van der Waals surface area (Å²) in [5, 5.41) is 10.6. The lowest BCUT2D eigenvalue weighted by molar-refractivity contribution is -0.135. The highest BCUT2D eigenvalue weighted by molar-refractivity contribution is 7.99. The molecular weight excluding hydrogens is 406 g/mol. The Morgan fingerprint density at radius 3 is 2.65 bits per heavy atom. The fourth-order valence-electron chi connectivity index (χ4n) is 8.88. The second-order valence-electron chi connectivity index (χ2n) is 11.8. The number of thioether (sulfide) groups is 1. The quantitative estimate of drug-likeness (QED) is 0.605. The minimum atomic E-state index is -0.351. The maximum Gasteiger partial charge on any atom is 0.331 e. The van der Waals surface area contributed by atoms with Crippen LogP contribution < -0.4 is 5.73 Å². The summed E-state index contributed by atoms with van der Waals surface area (Å²) in [6.07, 6.45) is 13.5. The number of aliphatic hydroxyl groups is 1. The highest BCUT2D eigenvalue weighted by Gasteiger charge is 2.60. The molecule has 4 nitrogen and oxygen atoms in total. The third kappa shape index (κ3) is 3.71. The Morgan fingerprint density at radius 1 is 1.13 bits per heavy atom. The lowest BCUT2D eigenvalue weighted by Crippen LogP contribution is -2.53. The molecule has 1 unspecified atom stereocenters. The van der Waals surface area contributed by atoms with Gasteiger partial charge in [0.1, 0.15) is 6.61 Å². The highest BCUT2D eigenvalue weighted by atomic mass is 32.2. The fourth-order valence-corrected chi connectivity index (χ4v) is 10.2. The zero-order valence-electron chi connectivity index (χ0n) is 19.4. The second-order valence-corrected chi connectivity index (χ2v) is 13.1. The highest BCUT2D eigenvalue weighted by Crippen LogP contribution is 2.68. The Kier molecular flexibility index (Phi) is 6.01. The molecule has 0 bridgehead atoms. The number of carbonyl (C=O) groups is 1. The van der Waals surface area contributed by atoms with E-state index in [0.717, 1.165) is 29.4 Å². The van der Waals surface area contributed by atoms with Crippen LogP contribution >= 0.6 is 11.8 Å². The van der Waals surface area contributed by atoms with Crippen molar-refractivity contribution in [2.45, 2.75) is 83.0 Å². The van der Waals surface area contributed by atoms with Gasteiger partial charge in [0.15, 0.2) is 0 Å². The summed E-state index contributed by atoms with van der Waals surface area (Å²) in [7, 11) is 0. The molecule has 174 valence electrons. The molecule has 1 aliphatic heterocycles. The van der Waals surface area contributed by atoms with E-state index in [0.29, 0.717) is 35.1 Å². The number of hydrogen-bond donors (Lipinski definition) is 2. The van der Waals surface area contributed by atoms with E-state index < -0.39 is 0 Å². The van der Waals surface area contributed by atoms with Gasteiger partial charge in [0.25, 0.3) is 0 Å². The zero-order valence-corrected chi connectivity index (χ0v) is 20.2. The first kappa shape index (κ1) is 22.3. The SMILES string of the molecule is C[C@]12CC[C@H](SCC(O)CN)C[C@H]1CC[C@@H]1[C@@H]2CC[C@]2(C)[C@@H](C3=CC(=O)OC3)CC[C@@H]12. The number of fused-ring (bicyclic) bond motifs is 5. The number of rotatable bonds is 5. The predicted octanol–water partition coefficient (Wildman–Crippen LogP) is 4.55. The molecule has 9 atom stereocenters. The Labute approximate surface area is 192 Å². The van der Waals surface area contributed by atoms with Crippen molar-refractivity contribution in [1.29, 1.82) is 0 Å². The third-order valence-electron chi connectivity index (χ3n) is 10.5. The van der Waals surface area contributed by atoms with Crippen molar-refractivity contribution in [1.82, 2.24) is 0 Å². The summed E-state index contributed by atoms with van der Waals surface area (Å²) in [6.45, 7) is 6.09. The molecule has 0 saturated heterocycles. The maximum absolute atomic E-state index is 11.7. The van der Waals surface area contributed by atoms with E-state index in [1.54, 1.807) is 0 Å². The standard InChI is InChI=1S/C26H41NO3S/c1-25-9-7-19(31-15-18(28)13-27)12-17(25)3-4-20-22-6-5-21(16-11-24(29)30-14-16)26(22,2)10-8-23(20)25/h11,17-23,28H,3-10,12-15,27H2,1-2H3/t17-,18?,19+,20+,21-,22+,23+,25+,26-/m1/s1. The van der Waals surface area contributed by atoms with Crippen molar-refractivity contribution >= 4 is 17.7 Å². The lowest BCUT2D eigenvalue weighted by atomic mass is 9.44. The number of carbonyl (C=O) groups excluding carboxylic acids is 1. The van der Waals surface area contributed by atoms with E-state index in [1.165, 1.54) is 63.4 Å². The van der Waals surface area contributed by atoms with Gasteiger partial charge >= 0.3 is 5.97 Å². The monoisotopic (exact) mass is 447 g/mol. The van der Waals surface area contributed by atoms with Crippen LogP contribution in [0.15, 0.2) is 11.6 Å². The van der Waals surface area contributed by atoms with E-state index in [4.69, 9.17) is 10.5 Å². The van der Waals surface area contributed by atoms with Crippen LogP contribution in [0.2, 0.25) is 0 Å². The minimum Gasteiger partial charge on any atom is -0.458 e. The van der Waals surface area contributed by atoms with Crippen LogP contribution in [0.25, 0.3) is 0 Å². The van der Waals surface area contributed by atoms with E-state index in [1.807, 2.05) is 17.8 Å². The van der Waals surface area contributed by atoms with Crippen LogP contribution in [0.1, 0.15) is 71.6 Å². The van der Waals surface area contributed by atoms with Gasteiger partial charge in [0.05, 0.1) is 6.10 Å². The third-order valence-corrected chi connectivity index (χ3v) is 12.0. The zero-order chi connectivity index (χ0) is 21.8. The van der Waals surface area contributed by atoms with Gasteiger partial charge < -0.3 is 15.6 Å². The molecule has 1 heterocycles. The molecule has 4 saturated carbocycles. The number of esters is 1. The first-order valence-corrected chi connectivity index (χ1v) is 13.8. The van der Waals surface area contributed by atoms with Gasteiger partial charge in [-0.25, -0.2) is 4.79 Å². The van der Waals surface area contributed by atoms with Crippen LogP contribution in [-0.4, -0.2) is 41.3 Å². The molecule has 4 fully saturated rings. The molecule has 3 N–H and O–H groups in total. The number of cyclic esters (lactones) is 1. The molecule has 0 radical (unpaired) electrons. The van der Waals surface area contributed by atoms with E-state index in [9.17, 15) is 9.90 Å². The maximum atomic E-state index is 11.7. The largest absolute Gasteiger partial charge is 0.458 e. The van der Waals surface area contributed by atoms with Crippen molar-refractivity contribution in [2.75, 3.05) is 18.9 Å². The molecule has 0 aromatic carbocycles. The van der Waals surface area contributed by atoms with E-state index in [-0.39, 0.29) is 12.1 Å². The first-order valence-electron chi connectivity index (χ1n) is 12.7. The predicted molar refractivity (Wildman–Crippen MR) is 126 cm³/mol. The van der Waals surface area contributed by atoms with E-state index >= 15 is 0 Å². The summed E-state index contributed by atoms with van der Waals surface area (Å²) in [4.78, 5) is 11.7. The van der Waals surface area contributed by atoms with Gasteiger partial charge in [-0.05, 0) is 104 Å². The number of aliphatic hydroxyl groups excluding tert-OH is 1. The van der Waals surface area contributed by atoms with Crippen LogP contribution in [0.4, 0.5) is 0 Å². The van der Waals surface area contributed by atoms with Crippen molar-refractivity contribution in [2.24, 2.45) is 46.2 Å². The first-order chi connectivity index (χ1) is 14.8. The van der Waals surface area contributed by atoms with Gasteiger partial charge in [-0.1, -0.05) is 13.8 Å². The van der Waals surface area contributed by atoms with Crippen molar-refractivity contribution in [3.8, 4) is 0 Å². The second kappa shape index (κ2) is 8.36. The van der Waals surface area contributed by atoms with Gasteiger partial charge in [0, 0.05) is 23.6 Å². The van der Waals surface area contributed by atoms with Gasteiger partial charge in [-0.15, -0.1) is 0 Å². The molecular formula is C26H41NO3S. The molecule has 0 aromatic rings. The average Bonchev–Trinajstić information content (AvgIpc) is 3.34. The van der Waals surface area contributed by atoms with Crippen molar-refractivity contribution in [3.05, 3.63) is 11.6 Å². The molecule has 5 aliphatic rings. The summed E-state index contributed by atoms with van der Waals surface area (Å²) in [5.41, 5.74) is 7.74. The van der Waals surface area contributed by atoms with Gasteiger partial charge in [-0.2, -0.15) is 11.8 Å². The molecule has 0 amide bonds. The molecule has 4 aliphatic carbocycles. The normalized spacial score (nSPS) is 47.7. The number of ether oxygens (including phenoxy) is 1. The average molecular weight is 448 g/mol. The van der Waals surface area contributed by atoms with Crippen LogP contribution in [0.3, 0.4) is 0 Å². The molecule has 5 rings (SSSR count). The molecule has 0 aromatic heterocycles. The van der Waals surface area contributed by atoms with E-state index in [2.05, 4.69) is 13.8 Å². The van der Waals surface area contributed by atoms with Crippen LogP contribution in [0.5, 0.6) is 0 Å². The van der Waals surface area contributed by atoms with Gasteiger partial charge in [-0.3, -0.25) is 0 Å². The minimum absolute atomic E-state index is 0.127. The summed E-state index contributed by atoms with van der Waals surface area (Å²) in [6, 6.07) is 0.